The van der Waals surface area contributed by atoms with Crippen molar-refractivity contribution < 1.29 is 22.4 Å². The number of carbonyl (C=O) groups is 1. The highest BCUT2D eigenvalue weighted by atomic mass is 32.1. The Morgan fingerprint density at radius 1 is 1.29 bits per heavy atom. The topological polar surface area (TPSA) is 74.5 Å². The fourth-order valence-electron chi connectivity index (χ4n) is 4.60. The number of alkyl halides is 3. The Kier molecular flexibility index (Phi) is 8.08. The van der Waals surface area contributed by atoms with Gasteiger partial charge in [-0.2, -0.15) is 13.2 Å². The fourth-order valence-corrected chi connectivity index (χ4v) is 5.47. The number of nitrogens with zero attached hydrogens (tertiary/aromatic N) is 3. The lowest BCUT2D eigenvalue weighted by molar-refractivity contribution is -0.139. The quantitative estimate of drug-likeness (QED) is 0.493. The fraction of sp³-hybridized carbons (Fsp3) is 0.500. The number of benzene rings is 1. The molecule has 11 heteroatoms. The van der Waals surface area contributed by atoms with Gasteiger partial charge in [0, 0.05) is 37.6 Å². The first-order valence-electron chi connectivity index (χ1n) is 11.8. The molecule has 4 rings (SSSR count). The molecule has 0 bridgehead atoms. The Bertz CT molecular complexity index is 1060. The number of carbonyl (C=O) groups excluding carboxylic acids is 1. The molecule has 35 heavy (non-hydrogen) atoms. The van der Waals surface area contributed by atoms with Crippen LogP contribution in [-0.2, 0) is 12.7 Å². The van der Waals surface area contributed by atoms with Crippen molar-refractivity contribution in [3.63, 3.8) is 0 Å². The number of thiazole rings is 1. The molecule has 0 spiro atoms. The van der Waals surface area contributed by atoms with E-state index in [2.05, 4.69) is 21.3 Å². The number of hydrogen-bond donors (Lipinski definition) is 2. The second-order valence-electron chi connectivity index (χ2n) is 8.84. The Hall–Kier alpha value is -2.50. The summed E-state index contributed by atoms with van der Waals surface area (Å²) in [5, 5.41) is 3.44. The molecule has 2 heterocycles. The summed E-state index contributed by atoms with van der Waals surface area (Å²) in [6, 6.07) is 1.95. The minimum atomic E-state index is -4.84. The van der Waals surface area contributed by atoms with Crippen molar-refractivity contribution in [2.45, 2.75) is 50.9 Å². The van der Waals surface area contributed by atoms with Crippen molar-refractivity contribution in [3.8, 4) is 0 Å². The van der Waals surface area contributed by atoms with Gasteiger partial charge in [0.25, 0.3) is 0 Å². The number of urea groups is 1. The number of allylic oxidation sites excluding steroid dienone is 1. The van der Waals surface area contributed by atoms with E-state index in [-0.39, 0.29) is 11.7 Å². The van der Waals surface area contributed by atoms with E-state index in [1.807, 2.05) is 6.20 Å². The van der Waals surface area contributed by atoms with Gasteiger partial charge in [-0.1, -0.05) is 6.08 Å². The molecule has 1 unspecified atom stereocenters. The number of rotatable bonds is 7. The highest BCUT2D eigenvalue weighted by molar-refractivity contribution is 7.12. The van der Waals surface area contributed by atoms with Crippen LogP contribution in [0.4, 0.5) is 28.0 Å². The van der Waals surface area contributed by atoms with E-state index >= 15 is 0 Å². The number of aromatic nitrogens is 1. The molecule has 1 fully saturated rings. The summed E-state index contributed by atoms with van der Waals surface area (Å²) in [5.41, 5.74) is 5.36. The summed E-state index contributed by atoms with van der Waals surface area (Å²) >= 11 is 1.56. The molecule has 1 aromatic carbocycles. The zero-order valence-corrected chi connectivity index (χ0v) is 20.1. The maximum absolute atomic E-state index is 13.7. The second kappa shape index (κ2) is 11.0. The minimum Gasteiger partial charge on any atom is -0.325 e. The summed E-state index contributed by atoms with van der Waals surface area (Å²) in [7, 11) is 0. The first kappa shape index (κ1) is 25.6. The third kappa shape index (κ3) is 6.39. The van der Waals surface area contributed by atoms with Crippen LogP contribution in [0.1, 0.15) is 47.6 Å². The standard InChI is InChI=1S/C24H29F4N5OS/c25-20-8-5-17(13-19(20)24(26,27)28)31-23(34)33(12-11-32-9-1-2-10-32)18-6-3-16(4-7-18)21-15-30-22(14-29)35-21/h3,5,8,13,15,18H,1-2,4,6-7,9-12,14,29H2,(H,31,34). The predicted octanol–water partition coefficient (Wildman–Crippen LogP) is 5.33. The maximum Gasteiger partial charge on any atom is 0.419 e. The number of hydrogen-bond acceptors (Lipinski definition) is 5. The summed E-state index contributed by atoms with van der Waals surface area (Å²) < 4.78 is 53.1. The van der Waals surface area contributed by atoms with Gasteiger partial charge < -0.3 is 20.9 Å². The van der Waals surface area contributed by atoms with Gasteiger partial charge in [0.15, 0.2) is 0 Å². The van der Waals surface area contributed by atoms with Gasteiger partial charge in [-0.15, -0.1) is 11.3 Å². The molecule has 1 atom stereocenters. The smallest absolute Gasteiger partial charge is 0.325 e. The van der Waals surface area contributed by atoms with Crippen LogP contribution in [-0.4, -0.2) is 53.0 Å². The van der Waals surface area contributed by atoms with Crippen molar-refractivity contribution >= 4 is 28.6 Å². The summed E-state index contributed by atoms with van der Waals surface area (Å²) in [5.74, 6) is -1.37. The molecular weight excluding hydrogens is 482 g/mol. The number of nitrogens with one attached hydrogen (secondary N) is 1. The molecule has 3 N–H and O–H groups in total. The molecule has 1 aliphatic heterocycles. The van der Waals surface area contributed by atoms with Gasteiger partial charge in [0.05, 0.1) is 10.4 Å². The zero-order valence-electron chi connectivity index (χ0n) is 19.3. The van der Waals surface area contributed by atoms with Crippen molar-refractivity contribution in [3.05, 3.63) is 51.7 Å². The average molecular weight is 512 g/mol. The van der Waals surface area contributed by atoms with Gasteiger partial charge in [-0.05, 0) is 69.0 Å². The Labute approximate surface area is 205 Å². The lowest BCUT2D eigenvalue weighted by Gasteiger charge is -2.35. The van der Waals surface area contributed by atoms with Crippen LogP contribution >= 0.6 is 11.3 Å². The third-order valence-corrected chi connectivity index (χ3v) is 7.60. The molecule has 6 nitrogen and oxygen atoms in total. The number of halogens is 4. The van der Waals surface area contributed by atoms with Crippen LogP contribution in [0.15, 0.2) is 30.5 Å². The van der Waals surface area contributed by atoms with Gasteiger partial charge in [0.2, 0.25) is 0 Å². The lowest BCUT2D eigenvalue weighted by Crippen LogP contribution is -2.47. The van der Waals surface area contributed by atoms with Gasteiger partial charge in [0.1, 0.15) is 10.8 Å². The largest absolute Gasteiger partial charge is 0.419 e. The minimum absolute atomic E-state index is 0.0825. The number of anilines is 1. The Balaban J connectivity index is 1.48. The first-order valence-corrected chi connectivity index (χ1v) is 12.6. The molecule has 0 radical (unpaired) electrons. The van der Waals surface area contributed by atoms with E-state index in [9.17, 15) is 22.4 Å². The number of amides is 2. The molecule has 0 saturated carbocycles. The number of likely N-dealkylation sites (tertiary alicyclic amines) is 1. The van der Waals surface area contributed by atoms with Crippen LogP contribution in [0.5, 0.6) is 0 Å². The van der Waals surface area contributed by atoms with Crippen LogP contribution in [0.3, 0.4) is 0 Å². The molecule has 2 amide bonds. The van der Waals surface area contributed by atoms with Crippen molar-refractivity contribution in [1.29, 1.82) is 0 Å². The maximum atomic E-state index is 13.7. The van der Waals surface area contributed by atoms with E-state index in [0.29, 0.717) is 32.1 Å². The molecule has 1 saturated heterocycles. The molecule has 1 aliphatic carbocycles. The normalized spacial score (nSPS) is 19.0. The van der Waals surface area contributed by atoms with Crippen molar-refractivity contribution in [1.82, 2.24) is 14.8 Å². The SMILES string of the molecule is NCc1ncc(C2=CCC(N(CCN3CCCC3)C(=O)Nc3ccc(F)c(C(F)(F)F)c3)CC2)s1. The van der Waals surface area contributed by atoms with Gasteiger partial charge in [-0.25, -0.2) is 14.2 Å². The van der Waals surface area contributed by atoms with Gasteiger partial charge >= 0.3 is 12.2 Å². The second-order valence-corrected chi connectivity index (χ2v) is 9.96. The van der Waals surface area contributed by atoms with E-state index < -0.39 is 23.6 Å². The number of nitrogens with two attached hydrogens (primary N) is 1. The van der Waals surface area contributed by atoms with Crippen molar-refractivity contribution in [2.24, 2.45) is 5.73 Å². The average Bonchev–Trinajstić information content (AvgIpc) is 3.52. The molecule has 2 aromatic rings. The first-order chi connectivity index (χ1) is 16.7. The van der Waals surface area contributed by atoms with E-state index in [0.717, 1.165) is 60.8 Å². The third-order valence-electron chi connectivity index (χ3n) is 6.51. The molecule has 2 aliphatic rings. The van der Waals surface area contributed by atoms with Crippen LogP contribution in [0, 0.1) is 5.82 Å². The van der Waals surface area contributed by atoms with E-state index in [4.69, 9.17) is 5.73 Å². The molecular formula is C24H29F4N5OS. The van der Waals surface area contributed by atoms with Crippen LogP contribution in [0.2, 0.25) is 0 Å². The summed E-state index contributed by atoms with van der Waals surface area (Å²) in [6.07, 6.45) is 3.46. The lowest BCUT2D eigenvalue weighted by atomic mass is 9.93. The predicted molar refractivity (Wildman–Crippen MR) is 128 cm³/mol. The monoisotopic (exact) mass is 511 g/mol. The van der Waals surface area contributed by atoms with Gasteiger partial charge in [-0.3, -0.25) is 0 Å². The Morgan fingerprint density at radius 3 is 2.69 bits per heavy atom. The zero-order chi connectivity index (χ0) is 25.0. The van der Waals surface area contributed by atoms with E-state index in [1.165, 1.54) is 5.57 Å². The summed E-state index contributed by atoms with van der Waals surface area (Å²) in [6.45, 7) is 3.51. The van der Waals surface area contributed by atoms with Crippen LogP contribution in [0.25, 0.3) is 5.57 Å². The highest BCUT2D eigenvalue weighted by Gasteiger charge is 2.35. The summed E-state index contributed by atoms with van der Waals surface area (Å²) in [4.78, 5) is 22.6. The van der Waals surface area contributed by atoms with Crippen LogP contribution < -0.4 is 11.1 Å². The highest BCUT2D eigenvalue weighted by Crippen LogP contribution is 2.34. The van der Waals surface area contributed by atoms with Crippen molar-refractivity contribution in [2.75, 3.05) is 31.5 Å². The molecule has 1 aromatic heterocycles. The molecule has 190 valence electrons. The Morgan fingerprint density at radius 2 is 2.06 bits per heavy atom. The van der Waals surface area contributed by atoms with E-state index in [1.54, 1.807) is 16.2 Å².